The van der Waals surface area contributed by atoms with Gasteiger partial charge in [0.2, 0.25) is 0 Å². The zero-order valence-corrected chi connectivity index (χ0v) is 13.2. The van der Waals surface area contributed by atoms with Crippen molar-refractivity contribution in [2.24, 2.45) is 11.8 Å². The molecular weight excluding hydrogens is 324 g/mol. The summed E-state index contributed by atoms with van der Waals surface area (Å²) in [6, 6.07) is 3.25. The van der Waals surface area contributed by atoms with Crippen LogP contribution in [0.3, 0.4) is 0 Å². The Morgan fingerprint density at radius 1 is 1.45 bits per heavy atom. The van der Waals surface area contributed by atoms with Crippen LogP contribution in [0.15, 0.2) is 22.9 Å². The number of amides is 1. The maximum atomic E-state index is 12.0. The predicted octanol–water partition coefficient (Wildman–Crippen LogP) is 2.71. The number of pyridine rings is 1. The van der Waals surface area contributed by atoms with Crippen molar-refractivity contribution in [2.75, 3.05) is 6.54 Å². The van der Waals surface area contributed by atoms with Crippen molar-refractivity contribution in [3.63, 3.8) is 0 Å². The quantitative estimate of drug-likeness (QED) is 0.746. The van der Waals surface area contributed by atoms with E-state index in [0.29, 0.717) is 22.6 Å². The maximum absolute atomic E-state index is 12.0. The molecule has 0 aliphatic carbocycles. The first-order valence-corrected chi connectivity index (χ1v) is 7.29. The van der Waals surface area contributed by atoms with Crippen LogP contribution in [0.1, 0.15) is 37.0 Å². The highest BCUT2D eigenvalue weighted by Gasteiger charge is 2.16. The van der Waals surface area contributed by atoms with E-state index in [1.807, 2.05) is 13.8 Å². The Kier molecular flexibility index (Phi) is 6.64. The lowest BCUT2D eigenvalue weighted by Gasteiger charge is -2.17. The number of halogens is 1. The van der Waals surface area contributed by atoms with E-state index in [1.165, 1.54) is 0 Å². The molecule has 1 aromatic rings. The standard InChI is InChI=1S/C14H19BrN2O3/c1-9(2)5-10(6-13(18)19)8-17-14(20)11-3-4-16-12(15)7-11/h3-4,7,9-10H,5-6,8H2,1-2H3,(H,17,20)(H,18,19)/t10-/m0/s1. The molecule has 0 aromatic carbocycles. The van der Waals surface area contributed by atoms with Gasteiger partial charge < -0.3 is 10.4 Å². The van der Waals surface area contributed by atoms with Crippen LogP contribution in [0, 0.1) is 11.8 Å². The van der Waals surface area contributed by atoms with Gasteiger partial charge in [0.15, 0.2) is 0 Å². The molecule has 1 atom stereocenters. The van der Waals surface area contributed by atoms with Gasteiger partial charge in [-0.2, -0.15) is 0 Å². The van der Waals surface area contributed by atoms with Crippen molar-refractivity contribution in [3.8, 4) is 0 Å². The lowest BCUT2D eigenvalue weighted by molar-refractivity contribution is -0.138. The van der Waals surface area contributed by atoms with Gasteiger partial charge in [-0.3, -0.25) is 9.59 Å². The number of nitrogens with zero attached hydrogens (tertiary/aromatic N) is 1. The number of rotatable bonds is 7. The third-order valence-electron chi connectivity index (χ3n) is 2.81. The summed E-state index contributed by atoms with van der Waals surface area (Å²) < 4.78 is 0.592. The van der Waals surface area contributed by atoms with E-state index < -0.39 is 5.97 Å². The van der Waals surface area contributed by atoms with E-state index in [2.05, 4.69) is 26.2 Å². The van der Waals surface area contributed by atoms with Crippen LogP contribution in [0.5, 0.6) is 0 Å². The number of nitrogens with one attached hydrogen (secondary N) is 1. The van der Waals surface area contributed by atoms with Crippen molar-refractivity contribution in [1.82, 2.24) is 10.3 Å². The second-order valence-electron chi connectivity index (χ2n) is 5.17. The van der Waals surface area contributed by atoms with Crippen LogP contribution in [0.25, 0.3) is 0 Å². The SMILES string of the molecule is CC(C)C[C@H](CNC(=O)c1ccnc(Br)c1)CC(=O)O. The maximum Gasteiger partial charge on any atom is 0.303 e. The molecule has 0 bridgehead atoms. The van der Waals surface area contributed by atoms with Gasteiger partial charge in [0.1, 0.15) is 4.60 Å². The van der Waals surface area contributed by atoms with Crippen molar-refractivity contribution in [1.29, 1.82) is 0 Å². The minimum atomic E-state index is -0.837. The van der Waals surface area contributed by atoms with Crippen molar-refractivity contribution in [2.45, 2.75) is 26.7 Å². The molecule has 1 rings (SSSR count). The van der Waals surface area contributed by atoms with Crippen LogP contribution in [-0.4, -0.2) is 28.5 Å². The van der Waals surface area contributed by atoms with E-state index in [-0.39, 0.29) is 18.2 Å². The third-order valence-corrected chi connectivity index (χ3v) is 3.24. The molecule has 0 saturated carbocycles. The summed E-state index contributed by atoms with van der Waals surface area (Å²) in [5, 5.41) is 11.7. The zero-order chi connectivity index (χ0) is 15.1. The normalized spacial score (nSPS) is 12.2. The molecule has 0 saturated heterocycles. The third kappa shape index (κ3) is 6.14. The molecule has 0 aliphatic rings. The topological polar surface area (TPSA) is 79.3 Å². The Balaban J connectivity index is 2.57. The largest absolute Gasteiger partial charge is 0.481 e. The molecule has 1 amide bonds. The fourth-order valence-corrected chi connectivity index (χ4v) is 2.40. The highest BCUT2D eigenvalue weighted by atomic mass is 79.9. The van der Waals surface area contributed by atoms with Gasteiger partial charge in [-0.15, -0.1) is 0 Å². The Hall–Kier alpha value is -1.43. The average Bonchev–Trinajstić information content (AvgIpc) is 2.34. The molecular formula is C14H19BrN2O3. The number of aromatic nitrogens is 1. The number of carbonyl (C=O) groups excluding carboxylic acids is 1. The monoisotopic (exact) mass is 342 g/mol. The van der Waals surface area contributed by atoms with Gasteiger partial charge in [-0.1, -0.05) is 13.8 Å². The summed E-state index contributed by atoms with van der Waals surface area (Å²) in [7, 11) is 0. The molecule has 20 heavy (non-hydrogen) atoms. The second kappa shape index (κ2) is 7.99. The van der Waals surface area contributed by atoms with Crippen molar-refractivity contribution in [3.05, 3.63) is 28.5 Å². The summed E-state index contributed by atoms with van der Waals surface area (Å²) >= 11 is 3.21. The number of aliphatic carboxylic acids is 1. The van der Waals surface area contributed by atoms with E-state index in [0.717, 1.165) is 6.42 Å². The van der Waals surface area contributed by atoms with E-state index in [9.17, 15) is 9.59 Å². The highest BCUT2D eigenvalue weighted by Crippen LogP contribution is 2.15. The van der Waals surface area contributed by atoms with Crippen molar-refractivity contribution < 1.29 is 14.7 Å². The minimum absolute atomic E-state index is 0.0540. The lowest BCUT2D eigenvalue weighted by atomic mass is 9.94. The lowest BCUT2D eigenvalue weighted by Crippen LogP contribution is -2.31. The highest BCUT2D eigenvalue weighted by molar-refractivity contribution is 9.10. The molecule has 1 heterocycles. The van der Waals surface area contributed by atoms with Crippen LogP contribution in [-0.2, 0) is 4.79 Å². The van der Waals surface area contributed by atoms with Gasteiger partial charge in [-0.25, -0.2) is 4.98 Å². The van der Waals surface area contributed by atoms with Gasteiger partial charge >= 0.3 is 5.97 Å². The molecule has 5 nitrogen and oxygen atoms in total. The summed E-state index contributed by atoms with van der Waals surface area (Å²) in [6.45, 7) is 4.44. The Morgan fingerprint density at radius 2 is 2.15 bits per heavy atom. The predicted molar refractivity (Wildman–Crippen MR) is 79.5 cm³/mol. The first-order chi connectivity index (χ1) is 9.38. The minimum Gasteiger partial charge on any atom is -0.481 e. The first kappa shape index (κ1) is 16.6. The molecule has 6 heteroatoms. The molecule has 0 fully saturated rings. The molecule has 0 spiro atoms. The fourth-order valence-electron chi connectivity index (χ4n) is 2.04. The average molecular weight is 343 g/mol. The molecule has 0 unspecified atom stereocenters. The Bertz CT molecular complexity index is 477. The Labute approximate surface area is 126 Å². The van der Waals surface area contributed by atoms with E-state index in [4.69, 9.17) is 5.11 Å². The fraction of sp³-hybridized carbons (Fsp3) is 0.500. The molecule has 110 valence electrons. The number of carbonyl (C=O) groups is 2. The number of carboxylic acid groups (broad SMARTS) is 1. The van der Waals surface area contributed by atoms with E-state index >= 15 is 0 Å². The smallest absolute Gasteiger partial charge is 0.303 e. The first-order valence-electron chi connectivity index (χ1n) is 6.50. The van der Waals surface area contributed by atoms with Gasteiger partial charge in [0.05, 0.1) is 0 Å². The Morgan fingerprint density at radius 3 is 2.70 bits per heavy atom. The summed E-state index contributed by atoms with van der Waals surface area (Å²) in [5.74, 6) is -0.711. The van der Waals surface area contributed by atoms with Crippen LogP contribution in [0.2, 0.25) is 0 Å². The summed E-state index contributed by atoms with van der Waals surface area (Å²) in [4.78, 5) is 26.7. The van der Waals surface area contributed by atoms with Crippen LogP contribution in [0.4, 0.5) is 0 Å². The van der Waals surface area contributed by atoms with Crippen molar-refractivity contribution >= 4 is 27.8 Å². The van der Waals surface area contributed by atoms with Gasteiger partial charge in [-0.05, 0) is 46.3 Å². The second-order valence-corrected chi connectivity index (χ2v) is 5.98. The van der Waals surface area contributed by atoms with E-state index in [1.54, 1.807) is 18.3 Å². The van der Waals surface area contributed by atoms with Crippen LogP contribution >= 0.6 is 15.9 Å². The van der Waals surface area contributed by atoms with Crippen LogP contribution < -0.4 is 5.32 Å². The molecule has 0 aliphatic heterocycles. The summed E-state index contributed by atoms with van der Waals surface area (Å²) in [5.41, 5.74) is 0.505. The van der Waals surface area contributed by atoms with Gasteiger partial charge in [0.25, 0.3) is 5.91 Å². The molecule has 1 aromatic heterocycles. The molecule has 0 radical (unpaired) electrons. The summed E-state index contributed by atoms with van der Waals surface area (Å²) in [6.07, 6.45) is 2.38. The zero-order valence-electron chi connectivity index (χ0n) is 11.6. The number of carboxylic acids is 1. The number of hydrogen-bond donors (Lipinski definition) is 2. The number of hydrogen-bond acceptors (Lipinski definition) is 3. The van der Waals surface area contributed by atoms with Gasteiger partial charge in [0, 0.05) is 24.7 Å². The molecule has 2 N–H and O–H groups in total.